The van der Waals surface area contributed by atoms with E-state index in [0.717, 1.165) is 29.7 Å². The van der Waals surface area contributed by atoms with Gasteiger partial charge in [0.2, 0.25) is 0 Å². The van der Waals surface area contributed by atoms with Crippen molar-refractivity contribution in [2.24, 2.45) is 0 Å². The van der Waals surface area contributed by atoms with Gasteiger partial charge in [0.25, 0.3) is 5.91 Å². The number of carbonyl (C=O) groups excluding carboxylic acids is 2. The normalized spacial score (nSPS) is 10.3. The molecule has 1 N–H and O–H groups in total. The largest absolute Gasteiger partial charge is 0.482 e. The molecule has 0 atom stereocenters. The maximum Gasteiger partial charge on any atom is 0.262 e. The molecule has 2 aromatic carbocycles. The van der Waals surface area contributed by atoms with Crippen LogP contribution in [0.3, 0.4) is 0 Å². The lowest BCUT2D eigenvalue weighted by Gasteiger charge is -2.15. The zero-order chi connectivity index (χ0) is 17.5. The van der Waals surface area contributed by atoms with Crippen LogP contribution in [0.5, 0.6) is 5.75 Å². The topological polar surface area (TPSA) is 55.4 Å². The second-order valence-electron chi connectivity index (χ2n) is 5.30. The van der Waals surface area contributed by atoms with Crippen molar-refractivity contribution in [2.75, 3.05) is 11.9 Å². The fourth-order valence-electron chi connectivity index (χ4n) is 2.43. The summed E-state index contributed by atoms with van der Waals surface area (Å²) in [5, 5.41) is 3.23. The maximum atomic E-state index is 12.2. The van der Waals surface area contributed by atoms with Crippen molar-refractivity contribution < 1.29 is 14.3 Å². The third-order valence-electron chi connectivity index (χ3n) is 3.71. The molecule has 0 heterocycles. The van der Waals surface area contributed by atoms with Crippen molar-refractivity contribution in [1.29, 1.82) is 0 Å². The van der Waals surface area contributed by atoms with Crippen LogP contribution in [0.4, 0.5) is 5.69 Å². The summed E-state index contributed by atoms with van der Waals surface area (Å²) in [6, 6.07) is 10.7. The highest BCUT2D eigenvalue weighted by atomic mass is 35.5. The zero-order valence-electron chi connectivity index (χ0n) is 13.8. The van der Waals surface area contributed by atoms with Crippen molar-refractivity contribution >= 4 is 29.5 Å². The van der Waals surface area contributed by atoms with E-state index in [1.807, 2.05) is 18.2 Å². The molecule has 2 rings (SSSR count). The summed E-state index contributed by atoms with van der Waals surface area (Å²) in [6.07, 6.45) is 2.38. The number of halogens is 1. The van der Waals surface area contributed by atoms with Crippen LogP contribution in [0.25, 0.3) is 0 Å². The Kier molecular flexibility index (Phi) is 6.38. The molecular weight excluding hydrogens is 326 g/mol. The molecule has 0 radical (unpaired) electrons. The number of amides is 1. The monoisotopic (exact) mass is 345 g/mol. The number of rotatable bonds is 7. The van der Waals surface area contributed by atoms with Crippen LogP contribution in [-0.4, -0.2) is 18.8 Å². The smallest absolute Gasteiger partial charge is 0.262 e. The Balaban J connectivity index is 2.05. The van der Waals surface area contributed by atoms with Crippen molar-refractivity contribution in [3.63, 3.8) is 0 Å². The van der Waals surface area contributed by atoms with E-state index in [1.165, 1.54) is 6.07 Å². The van der Waals surface area contributed by atoms with E-state index in [1.54, 1.807) is 12.1 Å². The number of para-hydroxylation sites is 1. The van der Waals surface area contributed by atoms with Gasteiger partial charge in [0.1, 0.15) is 12.0 Å². The van der Waals surface area contributed by atoms with Gasteiger partial charge in [-0.25, -0.2) is 0 Å². The van der Waals surface area contributed by atoms with Gasteiger partial charge in [-0.1, -0.05) is 43.6 Å². The van der Waals surface area contributed by atoms with Gasteiger partial charge < -0.3 is 10.1 Å². The average molecular weight is 346 g/mol. The minimum absolute atomic E-state index is 0.151. The third kappa shape index (κ3) is 4.36. The van der Waals surface area contributed by atoms with E-state index < -0.39 is 0 Å². The molecule has 0 fully saturated rings. The van der Waals surface area contributed by atoms with E-state index in [2.05, 4.69) is 19.2 Å². The van der Waals surface area contributed by atoms with Crippen molar-refractivity contribution in [1.82, 2.24) is 0 Å². The molecule has 0 saturated heterocycles. The van der Waals surface area contributed by atoms with E-state index in [9.17, 15) is 9.59 Å². The van der Waals surface area contributed by atoms with Gasteiger partial charge in [0.15, 0.2) is 6.61 Å². The fraction of sp³-hybridized carbons (Fsp3) is 0.263. The SMILES string of the molecule is CCc1cccc(CC)c1NC(=O)COc1ccc(C=O)cc1Cl. The lowest BCUT2D eigenvalue weighted by Crippen LogP contribution is -2.22. The molecular formula is C19H20ClNO3. The van der Waals surface area contributed by atoms with Gasteiger partial charge in [-0.2, -0.15) is 0 Å². The zero-order valence-corrected chi connectivity index (χ0v) is 14.5. The van der Waals surface area contributed by atoms with Crippen molar-refractivity contribution in [3.8, 4) is 5.75 Å². The highest BCUT2D eigenvalue weighted by Gasteiger charge is 2.11. The van der Waals surface area contributed by atoms with Crippen LogP contribution in [0.2, 0.25) is 5.02 Å². The van der Waals surface area contributed by atoms with Crippen molar-refractivity contribution in [3.05, 3.63) is 58.1 Å². The Morgan fingerprint density at radius 3 is 2.38 bits per heavy atom. The summed E-state index contributed by atoms with van der Waals surface area (Å²) < 4.78 is 5.46. The summed E-state index contributed by atoms with van der Waals surface area (Å²) in [5.74, 6) is 0.123. The van der Waals surface area contributed by atoms with Gasteiger partial charge in [-0.05, 0) is 42.2 Å². The maximum absolute atomic E-state index is 12.2. The van der Waals surface area contributed by atoms with Gasteiger partial charge in [-0.3, -0.25) is 9.59 Å². The highest BCUT2D eigenvalue weighted by Crippen LogP contribution is 2.25. The lowest BCUT2D eigenvalue weighted by molar-refractivity contribution is -0.118. The summed E-state index contributed by atoms with van der Waals surface area (Å²) in [7, 11) is 0. The van der Waals surface area contributed by atoms with E-state index >= 15 is 0 Å². The minimum Gasteiger partial charge on any atom is -0.482 e. The van der Waals surface area contributed by atoms with Crippen LogP contribution < -0.4 is 10.1 Å². The number of nitrogens with one attached hydrogen (secondary N) is 1. The third-order valence-corrected chi connectivity index (χ3v) is 4.01. The van der Waals surface area contributed by atoms with Crippen LogP contribution in [0.15, 0.2) is 36.4 Å². The van der Waals surface area contributed by atoms with Crippen molar-refractivity contribution in [2.45, 2.75) is 26.7 Å². The van der Waals surface area contributed by atoms with Gasteiger partial charge in [0.05, 0.1) is 5.02 Å². The molecule has 0 unspecified atom stereocenters. The molecule has 0 aliphatic carbocycles. The number of carbonyl (C=O) groups is 2. The number of hydrogen-bond donors (Lipinski definition) is 1. The summed E-state index contributed by atoms with van der Waals surface area (Å²) in [4.78, 5) is 22.9. The first kappa shape index (κ1) is 18.0. The van der Waals surface area contributed by atoms with Gasteiger partial charge in [0, 0.05) is 11.3 Å². The van der Waals surface area contributed by atoms with E-state index in [4.69, 9.17) is 16.3 Å². The molecule has 24 heavy (non-hydrogen) atoms. The number of anilines is 1. The quantitative estimate of drug-likeness (QED) is 0.761. The number of ether oxygens (including phenoxy) is 1. The summed E-state index contributed by atoms with van der Waals surface area (Å²) in [6.45, 7) is 3.95. The molecule has 5 heteroatoms. The first-order valence-corrected chi connectivity index (χ1v) is 8.25. The molecule has 0 aromatic heterocycles. The van der Waals surface area contributed by atoms with Crippen LogP contribution in [0, 0.1) is 0 Å². The molecule has 0 bridgehead atoms. The number of aldehydes is 1. The molecule has 1 amide bonds. The molecule has 126 valence electrons. The predicted molar refractivity (Wildman–Crippen MR) is 96.2 cm³/mol. The summed E-state index contributed by atoms with van der Waals surface area (Å²) >= 11 is 6.03. The predicted octanol–water partition coefficient (Wildman–Crippen LogP) is 4.29. The first-order valence-electron chi connectivity index (χ1n) is 7.87. The van der Waals surface area contributed by atoms with Crippen LogP contribution >= 0.6 is 11.6 Å². The Morgan fingerprint density at radius 1 is 1.17 bits per heavy atom. The minimum atomic E-state index is -0.249. The lowest BCUT2D eigenvalue weighted by atomic mass is 10.0. The number of benzene rings is 2. The number of hydrogen-bond acceptors (Lipinski definition) is 3. The molecule has 0 aliphatic rings. The van der Waals surface area contributed by atoms with Crippen LogP contribution in [-0.2, 0) is 17.6 Å². The Labute approximate surface area is 146 Å². The van der Waals surface area contributed by atoms with Gasteiger partial charge in [-0.15, -0.1) is 0 Å². The molecule has 4 nitrogen and oxygen atoms in total. The Bertz CT molecular complexity index is 721. The Morgan fingerprint density at radius 2 is 1.83 bits per heavy atom. The van der Waals surface area contributed by atoms with Gasteiger partial charge >= 0.3 is 0 Å². The molecule has 2 aromatic rings. The first-order chi connectivity index (χ1) is 11.6. The standard InChI is InChI=1S/C19H20ClNO3/c1-3-14-6-5-7-15(4-2)19(14)21-18(23)12-24-17-9-8-13(11-22)10-16(17)20/h5-11H,3-4,12H2,1-2H3,(H,21,23). The summed E-state index contributed by atoms with van der Waals surface area (Å²) in [5.41, 5.74) is 3.51. The van der Waals surface area contributed by atoms with E-state index in [-0.39, 0.29) is 12.5 Å². The average Bonchev–Trinajstić information content (AvgIpc) is 2.60. The fourth-order valence-corrected chi connectivity index (χ4v) is 2.67. The second-order valence-corrected chi connectivity index (χ2v) is 5.71. The van der Waals surface area contributed by atoms with Crippen LogP contribution in [0.1, 0.15) is 35.3 Å². The Hall–Kier alpha value is -2.33. The molecule has 0 aliphatic heterocycles. The number of aryl methyl sites for hydroxylation is 2. The second kappa shape index (κ2) is 8.50. The molecule has 0 saturated carbocycles. The highest BCUT2D eigenvalue weighted by molar-refractivity contribution is 6.32. The van der Waals surface area contributed by atoms with E-state index in [0.29, 0.717) is 22.6 Å². The molecule has 0 spiro atoms.